The van der Waals surface area contributed by atoms with Crippen molar-refractivity contribution >= 4 is 18.6 Å². The maximum Gasteiger partial charge on any atom is 0.306 e. The highest BCUT2D eigenvalue weighted by Gasteiger charge is 2.43. The van der Waals surface area contributed by atoms with E-state index in [0.29, 0.717) is 5.54 Å². The molecule has 2 aliphatic carbocycles. The highest BCUT2D eigenvalue weighted by atomic mass is 32.1. The molecule has 2 saturated carbocycles. The summed E-state index contributed by atoms with van der Waals surface area (Å²) >= 11 is 1.99. The molecule has 0 N–H and O–H groups in total. The largest absolute Gasteiger partial charge is 0.306 e. The molecule has 0 amide bonds. The smallest absolute Gasteiger partial charge is 0.263 e. The number of hydrogen-bond acceptors (Lipinski definition) is 1. The van der Waals surface area contributed by atoms with Crippen molar-refractivity contribution < 1.29 is 0 Å². The summed E-state index contributed by atoms with van der Waals surface area (Å²) in [6, 6.07) is 0. The van der Waals surface area contributed by atoms with E-state index in [4.69, 9.17) is 0 Å². The zero-order valence-electron chi connectivity index (χ0n) is 12.2. The third-order valence-corrected chi connectivity index (χ3v) is 6.22. The Bertz CT molecular complexity index is 356. The average molecular weight is 266 g/mol. The number of hydrogen-bond donors (Lipinski definition) is 0. The van der Waals surface area contributed by atoms with Gasteiger partial charge in [0.05, 0.1) is 5.54 Å². The van der Waals surface area contributed by atoms with Crippen molar-refractivity contribution in [1.82, 2.24) is 8.05 Å². The van der Waals surface area contributed by atoms with E-state index in [-0.39, 0.29) is 0 Å². The molecule has 1 aromatic heterocycles. The van der Waals surface area contributed by atoms with Crippen LogP contribution in [-0.4, -0.2) is 14.9 Å². The Morgan fingerprint density at radius 3 is 1.67 bits per heavy atom. The first kappa shape index (κ1) is 12.9. The first-order chi connectivity index (χ1) is 8.57. The summed E-state index contributed by atoms with van der Waals surface area (Å²) in [5.41, 5.74) is 0.292. The topological polar surface area (TPSA) is 9.86 Å². The molecule has 0 bridgehead atoms. The molecule has 102 valence electrons. The van der Waals surface area contributed by atoms with Crippen LogP contribution < -0.4 is 0 Å². The molecule has 2 fully saturated rings. The quantitative estimate of drug-likeness (QED) is 0.693. The number of rotatable bonds is 3. The van der Waals surface area contributed by atoms with Gasteiger partial charge in [-0.3, -0.25) is 3.98 Å². The maximum atomic E-state index is 2.64. The second-order valence-corrected chi connectivity index (χ2v) is 8.29. The van der Waals surface area contributed by atoms with Crippen LogP contribution in [0.4, 0.5) is 0 Å². The van der Waals surface area contributed by atoms with Crippen LogP contribution in [0.25, 0.3) is 0 Å². The summed E-state index contributed by atoms with van der Waals surface area (Å²) in [6.07, 6.45) is 11.8. The minimum Gasteiger partial charge on any atom is -0.263 e. The van der Waals surface area contributed by atoms with Crippen molar-refractivity contribution in [2.75, 3.05) is 0 Å². The molecular formula is C14H27BN2S. The maximum absolute atomic E-state index is 2.64. The molecule has 1 aromatic rings. The normalized spacial score (nSPS) is 23.3. The Balaban J connectivity index is 1.78. The van der Waals surface area contributed by atoms with Crippen LogP contribution in [0.1, 0.15) is 72.1 Å². The fraction of sp³-hybridized carbons (Fsp3) is 1.00. The molecule has 0 aliphatic heterocycles. The van der Waals surface area contributed by atoms with E-state index in [1.807, 2.05) is 11.7 Å². The molecule has 3 rings (SSSR count). The molecular weight excluding hydrogens is 239 g/mol. The molecule has 18 heavy (non-hydrogen) atoms. The van der Waals surface area contributed by atoms with E-state index in [0.717, 1.165) is 18.5 Å². The lowest BCUT2D eigenvalue weighted by atomic mass is 9.42. The van der Waals surface area contributed by atoms with Gasteiger partial charge in [0, 0.05) is 11.7 Å². The SMILES string of the molecule is CC(C)(C)n1sn1B(C1CCCC1)C1CCCC1. The van der Waals surface area contributed by atoms with Crippen LogP contribution in [0.15, 0.2) is 0 Å². The molecule has 1 heterocycles. The van der Waals surface area contributed by atoms with E-state index in [1.54, 1.807) is 0 Å². The van der Waals surface area contributed by atoms with Crippen LogP contribution in [0.2, 0.25) is 11.6 Å². The van der Waals surface area contributed by atoms with Crippen molar-refractivity contribution in [3.05, 3.63) is 0 Å². The summed E-state index contributed by atoms with van der Waals surface area (Å²) < 4.78 is 5.17. The first-order valence-corrected chi connectivity index (χ1v) is 8.58. The Kier molecular flexibility index (Phi) is 3.42. The summed E-state index contributed by atoms with van der Waals surface area (Å²) in [7, 11) is 0. The molecule has 4 heteroatoms. The van der Waals surface area contributed by atoms with Gasteiger partial charge >= 0.3 is 6.85 Å². The first-order valence-electron chi connectivity index (χ1n) is 7.85. The van der Waals surface area contributed by atoms with Gasteiger partial charge in [0.1, 0.15) is 0 Å². The van der Waals surface area contributed by atoms with Gasteiger partial charge in [-0.2, -0.15) is 0 Å². The van der Waals surface area contributed by atoms with Gasteiger partial charge < -0.3 is 0 Å². The molecule has 0 unspecified atom stereocenters. The lowest BCUT2D eigenvalue weighted by Gasteiger charge is -2.24. The molecule has 2 nitrogen and oxygen atoms in total. The minimum atomic E-state index is 0.292. The van der Waals surface area contributed by atoms with Crippen molar-refractivity contribution in [2.45, 2.75) is 89.3 Å². The molecule has 2 aliphatic rings. The Morgan fingerprint density at radius 2 is 1.33 bits per heavy atom. The predicted molar refractivity (Wildman–Crippen MR) is 80.9 cm³/mol. The van der Waals surface area contributed by atoms with E-state index >= 15 is 0 Å². The van der Waals surface area contributed by atoms with E-state index < -0.39 is 0 Å². The second-order valence-electron chi connectivity index (χ2n) is 7.41. The standard InChI is InChI=1S/C14H27BN2S/c1-14(2,3)16-17(18-16)15(12-8-4-5-9-12)13-10-6-7-11-13/h12-13H,4-11H2,1-3H3. The fourth-order valence-corrected chi connectivity index (χ4v) is 5.18. The van der Waals surface area contributed by atoms with Gasteiger partial charge in [-0.05, 0) is 32.4 Å². The third-order valence-electron chi connectivity index (χ3n) is 4.91. The van der Waals surface area contributed by atoms with Crippen molar-refractivity contribution in [3.8, 4) is 0 Å². The minimum absolute atomic E-state index is 0.292. The van der Waals surface area contributed by atoms with E-state index in [2.05, 4.69) is 28.8 Å². The highest BCUT2D eigenvalue weighted by molar-refractivity contribution is 7.10. The fourth-order valence-electron chi connectivity index (χ4n) is 4.00. The molecule has 0 spiro atoms. The van der Waals surface area contributed by atoms with Crippen LogP contribution in [0.3, 0.4) is 0 Å². The third kappa shape index (κ3) is 2.45. The average Bonchev–Trinajstić information content (AvgIpc) is 2.76. The summed E-state index contributed by atoms with van der Waals surface area (Å²) in [5, 5.41) is 0. The number of nitrogens with zero attached hydrogens (tertiary/aromatic N) is 2. The van der Waals surface area contributed by atoms with Crippen LogP contribution in [0, 0.1) is 0 Å². The van der Waals surface area contributed by atoms with Gasteiger partial charge in [0.15, 0.2) is 0 Å². The molecule has 0 aromatic carbocycles. The number of aromatic nitrogens is 2. The Hall–Kier alpha value is -0.115. The van der Waals surface area contributed by atoms with Crippen molar-refractivity contribution in [3.63, 3.8) is 0 Å². The van der Waals surface area contributed by atoms with Gasteiger partial charge in [-0.25, -0.2) is 4.07 Å². The predicted octanol–water partition coefficient (Wildman–Crippen LogP) is 4.83. The Morgan fingerprint density at radius 1 is 0.889 bits per heavy atom. The molecule has 0 radical (unpaired) electrons. The van der Waals surface area contributed by atoms with Gasteiger partial charge in [-0.15, -0.1) is 0 Å². The van der Waals surface area contributed by atoms with Crippen LogP contribution >= 0.6 is 11.7 Å². The van der Waals surface area contributed by atoms with Crippen LogP contribution in [-0.2, 0) is 5.54 Å². The highest BCUT2D eigenvalue weighted by Crippen LogP contribution is 2.46. The second kappa shape index (κ2) is 4.77. The zero-order chi connectivity index (χ0) is 12.8. The van der Waals surface area contributed by atoms with Crippen molar-refractivity contribution in [2.24, 2.45) is 0 Å². The van der Waals surface area contributed by atoms with Gasteiger partial charge in [0.2, 0.25) is 0 Å². The summed E-state index contributed by atoms with van der Waals surface area (Å²) in [6.45, 7) is 7.85. The summed E-state index contributed by atoms with van der Waals surface area (Å²) in [5.74, 6) is 1.96. The monoisotopic (exact) mass is 266 g/mol. The molecule has 0 atom stereocenters. The van der Waals surface area contributed by atoms with E-state index in [1.165, 1.54) is 51.4 Å². The van der Waals surface area contributed by atoms with Gasteiger partial charge in [-0.1, -0.05) is 51.4 Å². The van der Waals surface area contributed by atoms with Gasteiger partial charge in [0.25, 0.3) is 0 Å². The lowest BCUT2D eigenvalue weighted by molar-refractivity contribution is 0.403. The summed E-state index contributed by atoms with van der Waals surface area (Å²) in [4.78, 5) is 0. The Labute approximate surface area is 116 Å². The zero-order valence-corrected chi connectivity index (χ0v) is 13.0. The van der Waals surface area contributed by atoms with Crippen LogP contribution in [0.5, 0.6) is 0 Å². The molecule has 0 saturated heterocycles. The van der Waals surface area contributed by atoms with E-state index in [9.17, 15) is 0 Å². The van der Waals surface area contributed by atoms with Crippen molar-refractivity contribution in [1.29, 1.82) is 0 Å². The lowest BCUT2D eigenvalue weighted by Crippen LogP contribution is -2.34.